The maximum absolute atomic E-state index is 8.87. The molecule has 2 nitrogen and oxygen atoms in total. The van der Waals surface area contributed by atoms with Crippen molar-refractivity contribution in [2.75, 3.05) is 14.1 Å². The summed E-state index contributed by atoms with van der Waals surface area (Å²) in [5.41, 5.74) is 0. The van der Waals surface area contributed by atoms with E-state index < -0.39 is 0 Å². The Labute approximate surface area is 68.8 Å². The van der Waals surface area contributed by atoms with Gasteiger partial charge < -0.3 is 0 Å². The highest BCUT2D eigenvalue weighted by Gasteiger charge is 2.25. The molecular formula is C9H16N2. The van der Waals surface area contributed by atoms with Crippen molar-refractivity contribution < 1.29 is 0 Å². The molecule has 62 valence electrons. The van der Waals surface area contributed by atoms with Gasteiger partial charge in [-0.25, -0.2) is 0 Å². The molecule has 0 aromatic carbocycles. The van der Waals surface area contributed by atoms with E-state index in [1.54, 1.807) is 0 Å². The van der Waals surface area contributed by atoms with E-state index in [0.717, 1.165) is 0 Å². The lowest BCUT2D eigenvalue weighted by Gasteiger charge is -2.22. The monoisotopic (exact) mass is 152 g/mol. The molecule has 1 fully saturated rings. The van der Waals surface area contributed by atoms with Gasteiger partial charge in [0.2, 0.25) is 0 Å². The Bertz CT molecular complexity index is 151. The van der Waals surface area contributed by atoms with Crippen molar-refractivity contribution in [2.24, 2.45) is 5.92 Å². The predicted molar refractivity (Wildman–Crippen MR) is 45.0 cm³/mol. The first-order valence-corrected chi connectivity index (χ1v) is 4.31. The number of nitrogens with zero attached hydrogens (tertiary/aromatic N) is 2. The first kappa shape index (κ1) is 8.55. The molecule has 1 aliphatic carbocycles. The molecule has 1 atom stereocenters. The second-order valence-electron chi connectivity index (χ2n) is 3.58. The molecule has 1 rings (SSSR count). The Morgan fingerprint density at radius 2 is 1.91 bits per heavy atom. The van der Waals surface area contributed by atoms with Crippen molar-refractivity contribution in [3.8, 4) is 6.07 Å². The molecule has 0 bridgehead atoms. The van der Waals surface area contributed by atoms with Gasteiger partial charge in [-0.1, -0.05) is 12.8 Å². The zero-order valence-corrected chi connectivity index (χ0v) is 7.38. The quantitative estimate of drug-likeness (QED) is 0.601. The topological polar surface area (TPSA) is 27.0 Å². The van der Waals surface area contributed by atoms with Crippen LogP contribution in [0.4, 0.5) is 0 Å². The predicted octanol–water partition coefficient (Wildman–Crippen LogP) is 1.63. The zero-order chi connectivity index (χ0) is 8.27. The second kappa shape index (κ2) is 3.73. The van der Waals surface area contributed by atoms with Crippen LogP contribution in [0.5, 0.6) is 0 Å². The Morgan fingerprint density at radius 1 is 1.36 bits per heavy atom. The van der Waals surface area contributed by atoms with Crippen LogP contribution in [-0.4, -0.2) is 25.0 Å². The maximum atomic E-state index is 8.87. The van der Waals surface area contributed by atoms with Gasteiger partial charge in [0.1, 0.15) is 6.04 Å². The van der Waals surface area contributed by atoms with E-state index in [0.29, 0.717) is 5.92 Å². The fraction of sp³-hybridized carbons (Fsp3) is 0.889. The lowest BCUT2D eigenvalue weighted by atomic mass is 9.99. The molecule has 0 aromatic heterocycles. The Morgan fingerprint density at radius 3 is 2.27 bits per heavy atom. The van der Waals surface area contributed by atoms with Gasteiger partial charge in [-0.05, 0) is 32.9 Å². The summed E-state index contributed by atoms with van der Waals surface area (Å²) in [6.45, 7) is 0. The smallest absolute Gasteiger partial charge is 0.100 e. The largest absolute Gasteiger partial charge is 0.294 e. The minimum atomic E-state index is 0.150. The summed E-state index contributed by atoms with van der Waals surface area (Å²) in [7, 11) is 3.98. The van der Waals surface area contributed by atoms with Crippen molar-refractivity contribution >= 4 is 0 Å². The Hall–Kier alpha value is -0.550. The fourth-order valence-corrected chi connectivity index (χ4v) is 1.92. The summed E-state index contributed by atoms with van der Waals surface area (Å²) in [5.74, 6) is 0.634. The van der Waals surface area contributed by atoms with Crippen molar-refractivity contribution in [1.29, 1.82) is 5.26 Å². The number of rotatable bonds is 2. The highest BCUT2D eigenvalue weighted by Crippen LogP contribution is 2.28. The van der Waals surface area contributed by atoms with Crippen molar-refractivity contribution in [2.45, 2.75) is 31.7 Å². The van der Waals surface area contributed by atoms with Crippen LogP contribution >= 0.6 is 0 Å². The van der Waals surface area contributed by atoms with E-state index >= 15 is 0 Å². The third kappa shape index (κ3) is 1.94. The first-order valence-electron chi connectivity index (χ1n) is 4.31. The van der Waals surface area contributed by atoms with Gasteiger partial charge in [-0.2, -0.15) is 5.26 Å². The van der Waals surface area contributed by atoms with Gasteiger partial charge in [-0.3, -0.25) is 4.90 Å². The molecule has 0 radical (unpaired) electrons. The van der Waals surface area contributed by atoms with Crippen LogP contribution in [0.15, 0.2) is 0 Å². The fourth-order valence-electron chi connectivity index (χ4n) is 1.92. The number of hydrogen-bond acceptors (Lipinski definition) is 2. The lowest BCUT2D eigenvalue weighted by molar-refractivity contribution is 0.264. The SMILES string of the molecule is CN(C)C(C#N)C1CCCC1. The highest BCUT2D eigenvalue weighted by molar-refractivity contribution is 4.96. The molecule has 0 aromatic rings. The molecule has 1 aliphatic rings. The summed E-state index contributed by atoms with van der Waals surface area (Å²) >= 11 is 0. The Balaban J connectivity index is 2.48. The average molecular weight is 152 g/mol. The molecule has 1 saturated carbocycles. The summed E-state index contributed by atoms with van der Waals surface area (Å²) in [6, 6.07) is 2.52. The number of hydrogen-bond donors (Lipinski definition) is 0. The van der Waals surface area contributed by atoms with E-state index in [4.69, 9.17) is 5.26 Å². The third-order valence-electron chi connectivity index (χ3n) is 2.53. The molecular weight excluding hydrogens is 136 g/mol. The first-order chi connectivity index (χ1) is 5.25. The van der Waals surface area contributed by atoms with Gasteiger partial charge in [0.15, 0.2) is 0 Å². The van der Waals surface area contributed by atoms with Crippen LogP contribution < -0.4 is 0 Å². The summed E-state index contributed by atoms with van der Waals surface area (Å²) in [4.78, 5) is 2.04. The highest BCUT2D eigenvalue weighted by atomic mass is 15.1. The van der Waals surface area contributed by atoms with Crippen molar-refractivity contribution in [1.82, 2.24) is 4.90 Å². The minimum absolute atomic E-state index is 0.150. The summed E-state index contributed by atoms with van der Waals surface area (Å²) in [6.07, 6.45) is 5.13. The summed E-state index contributed by atoms with van der Waals surface area (Å²) < 4.78 is 0. The van der Waals surface area contributed by atoms with Crippen LogP contribution in [-0.2, 0) is 0 Å². The van der Waals surface area contributed by atoms with Gasteiger partial charge in [0.25, 0.3) is 0 Å². The molecule has 2 heteroatoms. The Kier molecular flexibility index (Phi) is 2.90. The van der Waals surface area contributed by atoms with Crippen LogP contribution in [0.2, 0.25) is 0 Å². The molecule has 0 amide bonds. The van der Waals surface area contributed by atoms with Crippen molar-refractivity contribution in [3.05, 3.63) is 0 Å². The standard InChI is InChI=1S/C9H16N2/c1-11(2)9(7-10)8-5-3-4-6-8/h8-9H,3-6H2,1-2H3. The molecule has 1 unspecified atom stereocenters. The van der Waals surface area contributed by atoms with E-state index in [2.05, 4.69) is 6.07 Å². The van der Waals surface area contributed by atoms with Crippen LogP contribution in [0.1, 0.15) is 25.7 Å². The van der Waals surface area contributed by atoms with Crippen LogP contribution in [0, 0.1) is 17.2 Å². The molecule has 0 spiro atoms. The van der Waals surface area contributed by atoms with E-state index in [1.165, 1.54) is 25.7 Å². The van der Waals surface area contributed by atoms with Gasteiger partial charge in [0, 0.05) is 0 Å². The average Bonchev–Trinajstić information content (AvgIpc) is 2.40. The molecule has 0 aliphatic heterocycles. The molecule has 0 heterocycles. The van der Waals surface area contributed by atoms with Crippen LogP contribution in [0.3, 0.4) is 0 Å². The third-order valence-corrected chi connectivity index (χ3v) is 2.53. The van der Waals surface area contributed by atoms with Crippen LogP contribution in [0.25, 0.3) is 0 Å². The van der Waals surface area contributed by atoms with E-state index in [-0.39, 0.29) is 6.04 Å². The number of nitriles is 1. The molecule has 0 N–H and O–H groups in total. The van der Waals surface area contributed by atoms with Crippen molar-refractivity contribution in [3.63, 3.8) is 0 Å². The normalized spacial score (nSPS) is 22.0. The summed E-state index contributed by atoms with van der Waals surface area (Å²) in [5, 5.41) is 8.87. The van der Waals surface area contributed by atoms with E-state index in [9.17, 15) is 0 Å². The molecule has 11 heavy (non-hydrogen) atoms. The van der Waals surface area contributed by atoms with Gasteiger partial charge >= 0.3 is 0 Å². The molecule has 0 saturated heterocycles. The second-order valence-corrected chi connectivity index (χ2v) is 3.58. The van der Waals surface area contributed by atoms with E-state index in [1.807, 2.05) is 19.0 Å². The zero-order valence-electron chi connectivity index (χ0n) is 7.38. The van der Waals surface area contributed by atoms with Gasteiger partial charge in [0.05, 0.1) is 6.07 Å². The lowest BCUT2D eigenvalue weighted by Crippen LogP contribution is -2.32. The minimum Gasteiger partial charge on any atom is -0.294 e. The maximum Gasteiger partial charge on any atom is 0.100 e. The van der Waals surface area contributed by atoms with Gasteiger partial charge in [-0.15, -0.1) is 0 Å².